The first-order valence-electron chi connectivity index (χ1n) is 6.87. The topological polar surface area (TPSA) is 43.1 Å². The third-order valence-electron chi connectivity index (χ3n) is 3.90. The minimum Gasteiger partial charge on any atom is -0.327 e. The van der Waals surface area contributed by atoms with Crippen molar-refractivity contribution in [3.05, 3.63) is 35.4 Å². The highest BCUT2D eigenvalue weighted by atomic mass is 19.4. The summed E-state index contributed by atoms with van der Waals surface area (Å²) >= 11 is 0. The normalized spacial score (nSPS) is 24.2. The Balaban J connectivity index is 2.33. The Kier molecular flexibility index (Phi) is 4.48. The van der Waals surface area contributed by atoms with Gasteiger partial charge in [-0.05, 0) is 18.9 Å². The Hall–Kier alpha value is -1.36. The second-order valence-electron chi connectivity index (χ2n) is 5.32. The van der Waals surface area contributed by atoms with E-state index in [4.69, 9.17) is 5.73 Å². The minimum atomic E-state index is -4.51. The molecule has 1 aliphatic carbocycles. The van der Waals surface area contributed by atoms with Crippen LogP contribution in [0, 0.1) is 5.92 Å². The molecule has 2 rings (SSSR count). The number of benzene rings is 1. The van der Waals surface area contributed by atoms with Gasteiger partial charge in [0.05, 0.1) is 5.56 Å². The van der Waals surface area contributed by atoms with Gasteiger partial charge in [0.2, 0.25) is 0 Å². The summed E-state index contributed by atoms with van der Waals surface area (Å²) in [5, 5.41) is 0. The van der Waals surface area contributed by atoms with E-state index in [0.717, 1.165) is 25.3 Å². The number of hydrogen-bond acceptors (Lipinski definition) is 2. The average Bonchev–Trinajstić information content (AvgIpc) is 2.62. The highest BCUT2D eigenvalue weighted by Crippen LogP contribution is 2.34. The van der Waals surface area contributed by atoms with Crippen molar-refractivity contribution in [3.8, 4) is 0 Å². The molecule has 0 heterocycles. The summed E-state index contributed by atoms with van der Waals surface area (Å²) in [6, 6.07) is 4.63. The molecule has 0 aliphatic heterocycles. The van der Waals surface area contributed by atoms with Crippen LogP contribution in [0.4, 0.5) is 13.2 Å². The van der Waals surface area contributed by atoms with E-state index in [0.29, 0.717) is 12.8 Å². The van der Waals surface area contributed by atoms with E-state index in [-0.39, 0.29) is 11.6 Å². The van der Waals surface area contributed by atoms with E-state index in [1.165, 1.54) is 18.2 Å². The first-order valence-corrected chi connectivity index (χ1v) is 6.87. The van der Waals surface area contributed by atoms with Crippen molar-refractivity contribution in [3.63, 3.8) is 0 Å². The molecule has 0 bridgehead atoms. The molecular formula is C15H18F3NO. The molecule has 0 radical (unpaired) electrons. The molecule has 1 aliphatic rings. The number of alkyl halides is 3. The van der Waals surface area contributed by atoms with Crippen molar-refractivity contribution in [2.24, 2.45) is 11.7 Å². The number of carbonyl (C=O) groups excluding carboxylic acids is 1. The summed E-state index contributed by atoms with van der Waals surface area (Å²) < 4.78 is 38.9. The maximum Gasteiger partial charge on any atom is 0.417 e. The summed E-state index contributed by atoms with van der Waals surface area (Å²) in [5.41, 5.74) is 4.87. The van der Waals surface area contributed by atoms with Gasteiger partial charge in [0.1, 0.15) is 0 Å². The van der Waals surface area contributed by atoms with Gasteiger partial charge in [-0.15, -0.1) is 0 Å². The molecular weight excluding hydrogens is 267 g/mol. The molecule has 2 unspecified atom stereocenters. The molecule has 2 atom stereocenters. The van der Waals surface area contributed by atoms with Crippen molar-refractivity contribution in [2.45, 2.75) is 44.3 Å². The first kappa shape index (κ1) is 15.0. The van der Waals surface area contributed by atoms with Crippen molar-refractivity contribution in [1.29, 1.82) is 0 Å². The van der Waals surface area contributed by atoms with Crippen LogP contribution < -0.4 is 5.73 Å². The van der Waals surface area contributed by atoms with Crippen LogP contribution in [0.3, 0.4) is 0 Å². The lowest BCUT2D eigenvalue weighted by Gasteiger charge is -2.22. The molecule has 0 saturated heterocycles. The molecule has 1 saturated carbocycles. The maximum atomic E-state index is 13.0. The van der Waals surface area contributed by atoms with E-state index in [1.807, 2.05) is 0 Å². The fourth-order valence-electron chi connectivity index (χ4n) is 2.81. The van der Waals surface area contributed by atoms with Gasteiger partial charge >= 0.3 is 6.18 Å². The number of halogens is 3. The van der Waals surface area contributed by atoms with Gasteiger partial charge in [-0.3, -0.25) is 4.79 Å². The van der Waals surface area contributed by atoms with Crippen molar-refractivity contribution >= 4 is 5.78 Å². The van der Waals surface area contributed by atoms with Gasteiger partial charge in [0, 0.05) is 17.5 Å². The van der Waals surface area contributed by atoms with Crippen LogP contribution in [-0.4, -0.2) is 11.8 Å². The van der Waals surface area contributed by atoms with E-state index < -0.39 is 23.4 Å². The lowest BCUT2D eigenvalue weighted by molar-refractivity contribution is -0.137. The zero-order valence-corrected chi connectivity index (χ0v) is 11.1. The van der Waals surface area contributed by atoms with Crippen LogP contribution in [0.25, 0.3) is 0 Å². The third kappa shape index (κ3) is 3.20. The molecule has 5 heteroatoms. The number of Topliss-reactive ketones (excluding diaryl/α,β-unsaturated/α-hetero) is 1. The second kappa shape index (κ2) is 5.95. The molecule has 2 nitrogen and oxygen atoms in total. The standard InChI is InChI=1S/C15H18F3NO/c16-15(17,18)12-8-5-4-6-10(12)14(20)11-7-2-1-3-9-13(11)19/h4-6,8,11,13H,1-3,7,9,19H2. The SMILES string of the molecule is NC1CCCCCC1C(=O)c1ccccc1C(F)(F)F. The number of hydrogen-bond donors (Lipinski definition) is 1. The van der Waals surface area contributed by atoms with E-state index >= 15 is 0 Å². The lowest BCUT2D eigenvalue weighted by Crippen LogP contribution is -2.35. The van der Waals surface area contributed by atoms with E-state index in [1.54, 1.807) is 0 Å². The molecule has 0 aromatic heterocycles. The van der Waals surface area contributed by atoms with Crippen molar-refractivity contribution in [2.75, 3.05) is 0 Å². The largest absolute Gasteiger partial charge is 0.417 e. The van der Waals surface area contributed by atoms with Gasteiger partial charge in [-0.25, -0.2) is 0 Å². The number of carbonyl (C=O) groups is 1. The van der Waals surface area contributed by atoms with Gasteiger partial charge < -0.3 is 5.73 Å². The third-order valence-corrected chi connectivity index (χ3v) is 3.90. The second-order valence-corrected chi connectivity index (χ2v) is 5.32. The van der Waals surface area contributed by atoms with E-state index in [2.05, 4.69) is 0 Å². The van der Waals surface area contributed by atoms with Gasteiger partial charge in [-0.2, -0.15) is 13.2 Å². The fourth-order valence-corrected chi connectivity index (χ4v) is 2.81. The minimum absolute atomic E-state index is 0.248. The maximum absolute atomic E-state index is 13.0. The predicted molar refractivity (Wildman–Crippen MR) is 70.3 cm³/mol. The summed E-state index contributed by atoms with van der Waals surface area (Å²) in [4.78, 5) is 12.5. The number of ketones is 1. The molecule has 20 heavy (non-hydrogen) atoms. The molecule has 0 spiro atoms. The van der Waals surface area contributed by atoms with Crippen LogP contribution in [-0.2, 0) is 6.18 Å². The summed E-state index contributed by atoms with van der Waals surface area (Å²) in [7, 11) is 0. The van der Waals surface area contributed by atoms with E-state index in [9.17, 15) is 18.0 Å². The molecule has 1 fully saturated rings. The van der Waals surface area contributed by atoms with Gasteiger partial charge in [0.25, 0.3) is 0 Å². The van der Waals surface area contributed by atoms with Gasteiger partial charge in [0.15, 0.2) is 5.78 Å². The first-order chi connectivity index (χ1) is 9.41. The zero-order valence-electron chi connectivity index (χ0n) is 11.1. The molecule has 1 aromatic carbocycles. The van der Waals surface area contributed by atoms with Crippen LogP contribution in [0.1, 0.15) is 48.0 Å². The van der Waals surface area contributed by atoms with Crippen LogP contribution in [0.5, 0.6) is 0 Å². The number of rotatable bonds is 2. The molecule has 0 amide bonds. The fraction of sp³-hybridized carbons (Fsp3) is 0.533. The molecule has 110 valence electrons. The predicted octanol–water partition coefficient (Wildman–Crippen LogP) is 3.80. The van der Waals surface area contributed by atoms with Crippen LogP contribution >= 0.6 is 0 Å². The molecule has 2 N–H and O–H groups in total. The highest BCUT2D eigenvalue weighted by molar-refractivity contribution is 5.99. The van der Waals surface area contributed by atoms with Gasteiger partial charge in [-0.1, -0.05) is 37.5 Å². The summed E-state index contributed by atoms with van der Waals surface area (Å²) in [6.07, 6.45) is -0.472. The Morgan fingerprint density at radius 2 is 1.75 bits per heavy atom. The lowest BCUT2D eigenvalue weighted by atomic mass is 9.86. The Bertz CT molecular complexity index is 484. The van der Waals surface area contributed by atoms with Crippen molar-refractivity contribution in [1.82, 2.24) is 0 Å². The Morgan fingerprint density at radius 3 is 2.45 bits per heavy atom. The Labute approximate surface area is 116 Å². The zero-order chi connectivity index (χ0) is 14.8. The Morgan fingerprint density at radius 1 is 1.10 bits per heavy atom. The highest BCUT2D eigenvalue weighted by Gasteiger charge is 2.37. The van der Waals surface area contributed by atoms with Crippen LogP contribution in [0.15, 0.2) is 24.3 Å². The summed E-state index contributed by atoms with van der Waals surface area (Å²) in [6.45, 7) is 0. The molecule has 1 aromatic rings. The number of nitrogens with two attached hydrogens (primary N) is 1. The average molecular weight is 285 g/mol. The summed E-state index contributed by atoms with van der Waals surface area (Å²) in [5.74, 6) is -0.965. The monoisotopic (exact) mass is 285 g/mol. The smallest absolute Gasteiger partial charge is 0.327 e. The van der Waals surface area contributed by atoms with Crippen LogP contribution in [0.2, 0.25) is 0 Å². The van der Waals surface area contributed by atoms with Crippen molar-refractivity contribution < 1.29 is 18.0 Å². The quantitative estimate of drug-likeness (QED) is 0.663.